The molecule has 0 unspecified atom stereocenters. The van der Waals surface area contributed by atoms with Crippen molar-refractivity contribution >= 4 is 33.4 Å². The first-order valence-electron chi connectivity index (χ1n) is 6.20. The van der Waals surface area contributed by atoms with E-state index in [4.69, 9.17) is 16.3 Å². The fourth-order valence-electron chi connectivity index (χ4n) is 1.95. The molecule has 0 atom stereocenters. The molecule has 0 N–H and O–H groups in total. The summed E-state index contributed by atoms with van der Waals surface area (Å²) in [5.41, 5.74) is 1.43. The van der Waals surface area contributed by atoms with Gasteiger partial charge in [-0.2, -0.15) is 0 Å². The maximum Gasteiger partial charge on any atom is 0.254 e. The Bertz CT molecular complexity index is 664. The van der Waals surface area contributed by atoms with Gasteiger partial charge in [0.15, 0.2) is 0 Å². The van der Waals surface area contributed by atoms with Crippen molar-refractivity contribution in [2.75, 3.05) is 14.2 Å². The summed E-state index contributed by atoms with van der Waals surface area (Å²) in [6, 6.07) is 8.89. The number of nitrogens with zero attached hydrogens (tertiary/aromatic N) is 2. The molecule has 6 heteroatoms. The Morgan fingerprint density at radius 2 is 2.14 bits per heavy atom. The SMILES string of the molecule is COc1ccc(Br)cc1CN(C)C(=O)c1ccnc(Cl)c1. The summed E-state index contributed by atoms with van der Waals surface area (Å²) in [6.45, 7) is 0.432. The average molecular weight is 370 g/mol. The third-order valence-corrected chi connectivity index (χ3v) is 3.67. The number of hydrogen-bond donors (Lipinski definition) is 0. The largest absolute Gasteiger partial charge is 0.496 e. The zero-order valence-electron chi connectivity index (χ0n) is 11.6. The van der Waals surface area contributed by atoms with Crippen LogP contribution in [0.3, 0.4) is 0 Å². The van der Waals surface area contributed by atoms with Crippen LogP contribution in [0.2, 0.25) is 5.15 Å². The lowest BCUT2D eigenvalue weighted by Crippen LogP contribution is -2.26. The molecule has 0 saturated heterocycles. The molecule has 4 nitrogen and oxygen atoms in total. The molecule has 110 valence electrons. The quantitative estimate of drug-likeness (QED) is 0.770. The summed E-state index contributed by atoms with van der Waals surface area (Å²) < 4.78 is 6.25. The number of benzene rings is 1. The molecule has 21 heavy (non-hydrogen) atoms. The molecule has 0 radical (unpaired) electrons. The highest BCUT2D eigenvalue weighted by Gasteiger charge is 2.15. The minimum absolute atomic E-state index is 0.124. The molecule has 0 aliphatic heterocycles. The van der Waals surface area contributed by atoms with E-state index >= 15 is 0 Å². The third kappa shape index (κ3) is 3.95. The Hall–Kier alpha value is -1.59. The van der Waals surface area contributed by atoms with Crippen molar-refractivity contribution in [1.29, 1.82) is 0 Å². The Morgan fingerprint density at radius 1 is 1.38 bits per heavy atom. The number of ether oxygens (including phenoxy) is 1. The van der Waals surface area contributed by atoms with Crippen molar-refractivity contribution in [1.82, 2.24) is 9.88 Å². The number of rotatable bonds is 4. The van der Waals surface area contributed by atoms with Gasteiger partial charge < -0.3 is 9.64 Å². The highest BCUT2D eigenvalue weighted by atomic mass is 79.9. The number of pyridine rings is 1. The molecule has 2 rings (SSSR count). The van der Waals surface area contributed by atoms with Gasteiger partial charge in [-0.15, -0.1) is 0 Å². The second-order valence-electron chi connectivity index (χ2n) is 4.48. The minimum Gasteiger partial charge on any atom is -0.496 e. The minimum atomic E-state index is -0.124. The molecule has 0 aliphatic rings. The van der Waals surface area contributed by atoms with Gasteiger partial charge in [0.1, 0.15) is 10.9 Å². The van der Waals surface area contributed by atoms with E-state index in [1.807, 2.05) is 18.2 Å². The van der Waals surface area contributed by atoms with Gasteiger partial charge in [-0.25, -0.2) is 4.98 Å². The number of halogens is 2. The number of aromatic nitrogens is 1. The van der Waals surface area contributed by atoms with Crippen molar-refractivity contribution in [3.8, 4) is 5.75 Å². The van der Waals surface area contributed by atoms with E-state index in [0.29, 0.717) is 17.3 Å². The van der Waals surface area contributed by atoms with E-state index in [1.54, 1.807) is 31.2 Å². The standard InChI is InChI=1S/C15H14BrClN2O2/c1-19(15(20)10-5-6-18-14(17)8-10)9-11-7-12(16)3-4-13(11)21-2/h3-8H,9H2,1-2H3. The fraction of sp³-hybridized carbons (Fsp3) is 0.200. The highest BCUT2D eigenvalue weighted by Crippen LogP contribution is 2.24. The van der Waals surface area contributed by atoms with Gasteiger partial charge in [0.2, 0.25) is 0 Å². The van der Waals surface area contributed by atoms with Crippen LogP contribution < -0.4 is 4.74 Å². The smallest absolute Gasteiger partial charge is 0.254 e. The summed E-state index contributed by atoms with van der Waals surface area (Å²) in [5.74, 6) is 0.618. The van der Waals surface area contributed by atoms with E-state index in [1.165, 1.54) is 6.20 Å². The molecule has 0 spiro atoms. The predicted molar refractivity (Wildman–Crippen MR) is 85.7 cm³/mol. The lowest BCUT2D eigenvalue weighted by Gasteiger charge is -2.19. The van der Waals surface area contributed by atoms with Gasteiger partial charge in [0.05, 0.1) is 7.11 Å². The van der Waals surface area contributed by atoms with E-state index in [0.717, 1.165) is 15.8 Å². The molecule has 1 aromatic heterocycles. The lowest BCUT2D eigenvalue weighted by atomic mass is 10.1. The van der Waals surface area contributed by atoms with Crippen LogP contribution >= 0.6 is 27.5 Å². The first-order chi connectivity index (χ1) is 10.0. The van der Waals surface area contributed by atoms with Gasteiger partial charge in [0, 0.05) is 35.4 Å². The first kappa shape index (κ1) is 15.8. The van der Waals surface area contributed by atoms with Crippen molar-refractivity contribution in [3.63, 3.8) is 0 Å². The fourth-order valence-corrected chi connectivity index (χ4v) is 2.54. The number of hydrogen-bond acceptors (Lipinski definition) is 3. The number of carbonyl (C=O) groups is 1. The Kier molecular flexibility index (Phi) is 5.20. The molecule has 0 aliphatic carbocycles. The van der Waals surface area contributed by atoms with Gasteiger partial charge in [0.25, 0.3) is 5.91 Å². The summed E-state index contributed by atoms with van der Waals surface area (Å²) in [5, 5.41) is 0.300. The van der Waals surface area contributed by atoms with Crippen LogP contribution in [0.25, 0.3) is 0 Å². The van der Waals surface area contributed by atoms with E-state index < -0.39 is 0 Å². The van der Waals surface area contributed by atoms with Crippen LogP contribution in [0, 0.1) is 0 Å². The monoisotopic (exact) mass is 368 g/mol. The Balaban J connectivity index is 2.19. The van der Waals surface area contributed by atoms with E-state index in [-0.39, 0.29) is 5.91 Å². The summed E-state index contributed by atoms with van der Waals surface area (Å²) >= 11 is 9.24. The summed E-state index contributed by atoms with van der Waals surface area (Å²) in [6.07, 6.45) is 1.52. The second kappa shape index (κ2) is 6.91. The topological polar surface area (TPSA) is 42.4 Å². The molecule has 2 aromatic rings. The first-order valence-corrected chi connectivity index (χ1v) is 7.38. The molecular formula is C15H14BrClN2O2. The number of methoxy groups -OCH3 is 1. The van der Waals surface area contributed by atoms with Gasteiger partial charge >= 0.3 is 0 Å². The van der Waals surface area contributed by atoms with Crippen molar-refractivity contribution in [3.05, 3.63) is 57.3 Å². The highest BCUT2D eigenvalue weighted by molar-refractivity contribution is 9.10. The van der Waals surface area contributed by atoms with E-state index in [9.17, 15) is 4.79 Å². The van der Waals surface area contributed by atoms with Crippen LogP contribution in [0.15, 0.2) is 41.0 Å². The average Bonchev–Trinajstić information content (AvgIpc) is 2.46. The van der Waals surface area contributed by atoms with Crippen molar-refractivity contribution < 1.29 is 9.53 Å². The Labute approximate surface area is 136 Å². The van der Waals surface area contributed by atoms with Crippen LogP contribution in [-0.2, 0) is 6.54 Å². The maximum atomic E-state index is 12.4. The van der Waals surface area contributed by atoms with Gasteiger partial charge in [-0.3, -0.25) is 4.79 Å². The zero-order chi connectivity index (χ0) is 15.4. The lowest BCUT2D eigenvalue weighted by molar-refractivity contribution is 0.0784. The maximum absolute atomic E-state index is 12.4. The summed E-state index contributed by atoms with van der Waals surface area (Å²) in [4.78, 5) is 17.9. The molecule has 0 bridgehead atoms. The molecule has 0 fully saturated rings. The molecule has 1 amide bonds. The normalized spacial score (nSPS) is 10.3. The zero-order valence-corrected chi connectivity index (χ0v) is 14.0. The van der Waals surface area contributed by atoms with Crippen LogP contribution in [0.5, 0.6) is 5.75 Å². The van der Waals surface area contributed by atoms with Crippen molar-refractivity contribution in [2.24, 2.45) is 0 Å². The molecular weight excluding hydrogens is 356 g/mol. The van der Waals surface area contributed by atoms with Gasteiger partial charge in [-0.1, -0.05) is 27.5 Å². The van der Waals surface area contributed by atoms with Gasteiger partial charge in [-0.05, 0) is 30.3 Å². The Morgan fingerprint density at radius 3 is 2.81 bits per heavy atom. The van der Waals surface area contributed by atoms with Crippen LogP contribution in [-0.4, -0.2) is 29.9 Å². The number of amides is 1. The number of carbonyl (C=O) groups excluding carboxylic acids is 1. The third-order valence-electron chi connectivity index (χ3n) is 2.97. The molecule has 1 aromatic carbocycles. The van der Waals surface area contributed by atoms with E-state index in [2.05, 4.69) is 20.9 Å². The summed E-state index contributed by atoms with van der Waals surface area (Å²) in [7, 11) is 3.34. The molecule has 1 heterocycles. The molecule has 0 saturated carbocycles. The van der Waals surface area contributed by atoms with Crippen LogP contribution in [0.1, 0.15) is 15.9 Å². The second-order valence-corrected chi connectivity index (χ2v) is 5.79. The van der Waals surface area contributed by atoms with Crippen molar-refractivity contribution in [2.45, 2.75) is 6.54 Å². The predicted octanol–water partition coefficient (Wildman–Crippen LogP) is 3.78. The van der Waals surface area contributed by atoms with Crippen LogP contribution in [0.4, 0.5) is 0 Å².